The number of carbonyl (C=O) groups is 1. The van der Waals surface area contributed by atoms with Crippen LogP contribution in [0.2, 0.25) is 0 Å². The molecule has 1 atom stereocenters. The van der Waals surface area contributed by atoms with Crippen LogP contribution in [0.4, 0.5) is 5.69 Å². The van der Waals surface area contributed by atoms with E-state index in [1.54, 1.807) is 4.68 Å². The summed E-state index contributed by atoms with van der Waals surface area (Å²) in [5.41, 5.74) is 6.42. The molecule has 1 amide bonds. The van der Waals surface area contributed by atoms with Gasteiger partial charge < -0.3 is 10.3 Å². The minimum Gasteiger partial charge on any atom is -0.332 e. The molecule has 0 saturated heterocycles. The number of aromatic amines is 1. The summed E-state index contributed by atoms with van der Waals surface area (Å²) in [6.45, 7) is 5.72. The van der Waals surface area contributed by atoms with Crippen LogP contribution in [-0.2, 0) is 11.8 Å². The van der Waals surface area contributed by atoms with Crippen molar-refractivity contribution in [1.82, 2.24) is 19.7 Å². The van der Waals surface area contributed by atoms with Gasteiger partial charge in [-0.15, -0.1) is 0 Å². The van der Waals surface area contributed by atoms with Crippen LogP contribution in [0.15, 0.2) is 65.8 Å². The van der Waals surface area contributed by atoms with Gasteiger partial charge in [0.25, 0.3) is 0 Å². The molecule has 0 bridgehead atoms. The van der Waals surface area contributed by atoms with E-state index < -0.39 is 0 Å². The van der Waals surface area contributed by atoms with Crippen LogP contribution in [0.1, 0.15) is 18.3 Å². The van der Waals surface area contributed by atoms with E-state index in [0.717, 1.165) is 39.6 Å². The number of amides is 1. The number of aryl methyl sites for hydroxylation is 2. The summed E-state index contributed by atoms with van der Waals surface area (Å²) in [4.78, 5) is 21.1. The zero-order valence-electron chi connectivity index (χ0n) is 18.0. The number of anilines is 1. The molecule has 2 aromatic carbocycles. The highest BCUT2D eigenvalue weighted by molar-refractivity contribution is 8.00. The highest BCUT2D eigenvalue weighted by Crippen LogP contribution is 2.34. The number of benzene rings is 2. The van der Waals surface area contributed by atoms with Crippen molar-refractivity contribution < 1.29 is 4.79 Å². The Labute approximate surface area is 186 Å². The molecule has 0 saturated carbocycles. The van der Waals surface area contributed by atoms with Crippen LogP contribution in [0.5, 0.6) is 0 Å². The number of carbonyl (C=O) groups excluding carboxylic acids is 1. The molecule has 4 rings (SSSR count). The number of nitrogens with zero attached hydrogens (tertiary/aromatic N) is 3. The van der Waals surface area contributed by atoms with Gasteiger partial charge in [0, 0.05) is 18.2 Å². The summed E-state index contributed by atoms with van der Waals surface area (Å²) in [5.74, 6) is -0.0804. The summed E-state index contributed by atoms with van der Waals surface area (Å²) < 4.78 is 1.77. The Morgan fingerprint density at radius 3 is 2.23 bits per heavy atom. The zero-order chi connectivity index (χ0) is 22.0. The minimum atomic E-state index is -0.336. The summed E-state index contributed by atoms with van der Waals surface area (Å²) in [6.07, 6.45) is 0. The Kier molecular flexibility index (Phi) is 5.95. The van der Waals surface area contributed by atoms with Crippen molar-refractivity contribution in [2.45, 2.75) is 31.2 Å². The van der Waals surface area contributed by atoms with Crippen molar-refractivity contribution in [2.75, 3.05) is 5.32 Å². The normalized spacial score (nSPS) is 12.0. The lowest BCUT2D eigenvalue weighted by Crippen LogP contribution is -2.23. The van der Waals surface area contributed by atoms with Crippen molar-refractivity contribution in [3.8, 4) is 22.5 Å². The first-order valence-corrected chi connectivity index (χ1v) is 11.0. The van der Waals surface area contributed by atoms with Gasteiger partial charge in [-0.05, 0) is 20.8 Å². The summed E-state index contributed by atoms with van der Waals surface area (Å²) in [7, 11) is 1.87. The monoisotopic (exact) mass is 431 g/mol. The van der Waals surface area contributed by atoms with Crippen LogP contribution in [0.3, 0.4) is 0 Å². The highest BCUT2D eigenvalue weighted by Gasteiger charge is 2.21. The molecule has 2 aromatic heterocycles. The molecule has 2 N–H and O–H groups in total. The molecule has 4 aromatic rings. The van der Waals surface area contributed by atoms with E-state index in [-0.39, 0.29) is 11.2 Å². The molecule has 31 heavy (non-hydrogen) atoms. The zero-order valence-corrected chi connectivity index (χ0v) is 18.8. The second-order valence-electron chi connectivity index (χ2n) is 7.42. The van der Waals surface area contributed by atoms with E-state index in [1.807, 2.05) is 76.3 Å². The SMILES string of the molecule is Cc1nn(C)c(C)c1NC(=O)C(C)Sc1nc(-c2ccccc2)c(-c2ccccc2)[nH]1. The van der Waals surface area contributed by atoms with Crippen molar-refractivity contribution in [2.24, 2.45) is 7.05 Å². The van der Waals surface area contributed by atoms with Gasteiger partial charge in [0.2, 0.25) is 5.91 Å². The van der Waals surface area contributed by atoms with Gasteiger partial charge in [0.1, 0.15) is 0 Å². The third-order valence-electron chi connectivity index (χ3n) is 5.21. The van der Waals surface area contributed by atoms with Crippen LogP contribution < -0.4 is 5.32 Å². The van der Waals surface area contributed by atoms with E-state index in [1.165, 1.54) is 11.8 Å². The third-order valence-corrected chi connectivity index (χ3v) is 6.19. The lowest BCUT2D eigenvalue weighted by atomic mass is 10.1. The van der Waals surface area contributed by atoms with Gasteiger partial charge in [0.15, 0.2) is 5.16 Å². The number of H-pyrrole nitrogens is 1. The molecule has 158 valence electrons. The minimum absolute atomic E-state index is 0.0804. The molecule has 2 heterocycles. The number of aromatic nitrogens is 4. The molecule has 7 heteroatoms. The van der Waals surface area contributed by atoms with Gasteiger partial charge in [0.05, 0.1) is 33.7 Å². The van der Waals surface area contributed by atoms with Gasteiger partial charge in [-0.2, -0.15) is 5.10 Å². The van der Waals surface area contributed by atoms with Crippen LogP contribution in [0, 0.1) is 13.8 Å². The molecule has 0 radical (unpaired) electrons. The van der Waals surface area contributed by atoms with E-state index in [4.69, 9.17) is 4.98 Å². The molecule has 0 spiro atoms. The average Bonchev–Trinajstić information content (AvgIpc) is 3.31. The summed E-state index contributed by atoms with van der Waals surface area (Å²) in [6, 6.07) is 20.2. The third kappa shape index (κ3) is 4.41. The van der Waals surface area contributed by atoms with E-state index >= 15 is 0 Å². The summed E-state index contributed by atoms with van der Waals surface area (Å²) in [5, 5.41) is 7.76. The predicted molar refractivity (Wildman–Crippen MR) is 126 cm³/mol. The molecule has 0 aliphatic heterocycles. The number of rotatable bonds is 6. The standard InChI is InChI=1S/C24H25N5OS/c1-15-20(16(2)29(4)28-15)25-23(30)17(3)31-24-26-21(18-11-7-5-8-12-18)22(27-24)19-13-9-6-10-14-19/h5-14,17H,1-4H3,(H,25,30)(H,26,27). The number of hydrogen-bond acceptors (Lipinski definition) is 4. The fourth-order valence-electron chi connectivity index (χ4n) is 3.43. The van der Waals surface area contributed by atoms with Crippen LogP contribution >= 0.6 is 11.8 Å². The Morgan fingerprint density at radius 1 is 1.03 bits per heavy atom. The number of hydrogen-bond donors (Lipinski definition) is 2. The van der Waals surface area contributed by atoms with Crippen molar-refractivity contribution in [3.05, 3.63) is 72.1 Å². The predicted octanol–water partition coefficient (Wildman–Crippen LogP) is 5.21. The van der Waals surface area contributed by atoms with Crippen molar-refractivity contribution in [1.29, 1.82) is 0 Å². The molecule has 1 unspecified atom stereocenters. The first-order chi connectivity index (χ1) is 14.9. The van der Waals surface area contributed by atoms with Gasteiger partial charge in [-0.3, -0.25) is 9.48 Å². The molecule has 0 aliphatic rings. The quantitative estimate of drug-likeness (QED) is 0.411. The maximum absolute atomic E-state index is 12.9. The second-order valence-corrected chi connectivity index (χ2v) is 8.75. The average molecular weight is 432 g/mol. The van der Waals surface area contributed by atoms with E-state index in [2.05, 4.69) is 27.5 Å². The van der Waals surface area contributed by atoms with Crippen LogP contribution in [-0.4, -0.2) is 30.9 Å². The van der Waals surface area contributed by atoms with Gasteiger partial charge >= 0.3 is 0 Å². The van der Waals surface area contributed by atoms with E-state index in [0.29, 0.717) is 5.16 Å². The highest BCUT2D eigenvalue weighted by atomic mass is 32.2. The topological polar surface area (TPSA) is 75.6 Å². The second kappa shape index (κ2) is 8.81. The largest absolute Gasteiger partial charge is 0.332 e. The maximum Gasteiger partial charge on any atom is 0.237 e. The van der Waals surface area contributed by atoms with Crippen molar-refractivity contribution in [3.63, 3.8) is 0 Å². The molecular formula is C24H25N5OS. The maximum atomic E-state index is 12.9. The van der Waals surface area contributed by atoms with Crippen LogP contribution in [0.25, 0.3) is 22.5 Å². The number of imidazole rings is 1. The fraction of sp³-hybridized carbons (Fsp3) is 0.208. The van der Waals surface area contributed by atoms with Crippen molar-refractivity contribution >= 4 is 23.4 Å². The number of thioether (sulfide) groups is 1. The van der Waals surface area contributed by atoms with E-state index in [9.17, 15) is 4.79 Å². The first kappa shape index (κ1) is 20.9. The molecular weight excluding hydrogens is 406 g/mol. The first-order valence-electron chi connectivity index (χ1n) is 10.1. The van der Waals surface area contributed by atoms with Gasteiger partial charge in [-0.1, -0.05) is 72.4 Å². The Bertz CT molecular complexity index is 1140. The Balaban J connectivity index is 1.59. The molecule has 0 aliphatic carbocycles. The lowest BCUT2D eigenvalue weighted by Gasteiger charge is -2.11. The Hall–Kier alpha value is -3.32. The summed E-state index contributed by atoms with van der Waals surface area (Å²) >= 11 is 1.41. The fourth-order valence-corrected chi connectivity index (χ4v) is 4.23. The Morgan fingerprint density at radius 2 is 1.65 bits per heavy atom. The number of nitrogens with one attached hydrogen (secondary N) is 2. The lowest BCUT2D eigenvalue weighted by molar-refractivity contribution is -0.115. The molecule has 6 nitrogen and oxygen atoms in total. The smallest absolute Gasteiger partial charge is 0.237 e. The molecule has 0 fully saturated rings. The van der Waals surface area contributed by atoms with Gasteiger partial charge in [-0.25, -0.2) is 4.98 Å².